The molecule has 138 valence electrons. The molecule has 0 unspecified atom stereocenters. The second-order valence-corrected chi connectivity index (χ2v) is 7.27. The van der Waals surface area contributed by atoms with Crippen LogP contribution in [-0.2, 0) is 20.7 Å². The van der Waals surface area contributed by atoms with E-state index in [4.69, 9.17) is 4.74 Å². The summed E-state index contributed by atoms with van der Waals surface area (Å²) in [6, 6.07) is 0. The van der Waals surface area contributed by atoms with Crippen LogP contribution < -0.4 is 10.6 Å². The maximum Gasteiger partial charge on any atom is 0.341 e. The standard InChI is InChI=1S/C17H25N3O4S/c1-4-24-17(23)15-12(7-11(2)3)10-25-16(15)19-14(22)9-20-6-5-18-13(21)8-20/h10-11H,4-9H2,1-3H3,(H,18,21)(H,19,22). The Kier molecular flexibility index (Phi) is 6.95. The van der Waals surface area contributed by atoms with Crippen LogP contribution in [0.1, 0.15) is 36.7 Å². The Bertz CT molecular complexity index is 642. The van der Waals surface area contributed by atoms with E-state index in [1.807, 2.05) is 5.38 Å². The molecule has 1 fully saturated rings. The molecule has 1 aliphatic heterocycles. The highest BCUT2D eigenvalue weighted by Crippen LogP contribution is 2.31. The number of hydrogen-bond donors (Lipinski definition) is 2. The van der Waals surface area contributed by atoms with Crippen LogP contribution in [0, 0.1) is 5.92 Å². The first-order valence-corrected chi connectivity index (χ1v) is 9.35. The minimum Gasteiger partial charge on any atom is -0.462 e. The predicted octanol–water partition coefficient (Wildman–Crippen LogP) is 1.49. The van der Waals surface area contributed by atoms with Gasteiger partial charge >= 0.3 is 5.97 Å². The molecule has 2 amide bonds. The van der Waals surface area contributed by atoms with Crippen molar-refractivity contribution in [3.8, 4) is 0 Å². The zero-order chi connectivity index (χ0) is 18.4. The predicted molar refractivity (Wildman–Crippen MR) is 96.9 cm³/mol. The van der Waals surface area contributed by atoms with E-state index in [9.17, 15) is 14.4 Å². The molecule has 0 aliphatic carbocycles. The first-order chi connectivity index (χ1) is 11.9. The summed E-state index contributed by atoms with van der Waals surface area (Å²) in [6.45, 7) is 7.69. The third-order valence-electron chi connectivity index (χ3n) is 3.71. The smallest absolute Gasteiger partial charge is 0.341 e. The van der Waals surface area contributed by atoms with Gasteiger partial charge in [0.15, 0.2) is 0 Å². The highest BCUT2D eigenvalue weighted by atomic mass is 32.1. The number of rotatable bonds is 7. The molecule has 1 aromatic heterocycles. The summed E-state index contributed by atoms with van der Waals surface area (Å²) in [6.07, 6.45) is 0.743. The molecule has 0 radical (unpaired) electrons. The molecular weight excluding hydrogens is 342 g/mol. The van der Waals surface area contributed by atoms with E-state index in [0.29, 0.717) is 29.6 Å². The Morgan fingerprint density at radius 1 is 1.44 bits per heavy atom. The van der Waals surface area contributed by atoms with Crippen LogP contribution in [0.5, 0.6) is 0 Å². The van der Waals surface area contributed by atoms with Gasteiger partial charge in [-0.05, 0) is 30.2 Å². The first kappa shape index (κ1) is 19.4. The van der Waals surface area contributed by atoms with Crippen LogP contribution in [0.2, 0.25) is 0 Å². The Balaban J connectivity index is 2.09. The molecular formula is C17H25N3O4S. The Labute approximate surface area is 151 Å². The fourth-order valence-corrected chi connectivity index (χ4v) is 3.68. The van der Waals surface area contributed by atoms with E-state index in [-0.39, 0.29) is 31.5 Å². The van der Waals surface area contributed by atoms with Crippen LogP contribution >= 0.6 is 11.3 Å². The van der Waals surface area contributed by atoms with E-state index in [1.54, 1.807) is 11.8 Å². The van der Waals surface area contributed by atoms with E-state index < -0.39 is 5.97 Å². The van der Waals surface area contributed by atoms with Gasteiger partial charge in [-0.1, -0.05) is 13.8 Å². The zero-order valence-corrected chi connectivity index (χ0v) is 15.7. The molecule has 2 heterocycles. The van der Waals surface area contributed by atoms with Crippen molar-refractivity contribution in [1.29, 1.82) is 0 Å². The lowest BCUT2D eigenvalue weighted by Gasteiger charge is -2.25. The lowest BCUT2D eigenvalue weighted by Crippen LogP contribution is -2.49. The molecule has 1 aromatic rings. The summed E-state index contributed by atoms with van der Waals surface area (Å²) >= 11 is 1.33. The van der Waals surface area contributed by atoms with Crippen molar-refractivity contribution < 1.29 is 19.1 Å². The SMILES string of the molecule is CCOC(=O)c1c(CC(C)C)csc1NC(=O)CN1CCNC(=O)C1. The summed E-state index contributed by atoms with van der Waals surface area (Å²) in [5, 5.41) is 7.95. The molecule has 0 atom stereocenters. The number of nitrogens with zero attached hydrogens (tertiary/aromatic N) is 1. The van der Waals surface area contributed by atoms with Crippen LogP contribution in [0.25, 0.3) is 0 Å². The molecule has 25 heavy (non-hydrogen) atoms. The monoisotopic (exact) mass is 367 g/mol. The number of anilines is 1. The van der Waals surface area contributed by atoms with E-state index in [1.165, 1.54) is 11.3 Å². The van der Waals surface area contributed by atoms with Gasteiger partial charge in [0.05, 0.1) is 25.3 Å². The second kappa shape index (κ2) is 8.96. The van der Waals surface area contributed by atoms with Gasteiger partial charge in [-0.15, -0.1) is 11.3 Å². The quantitative estimate of drug-likeness (QED) is 0.713. The number of nitrogens with one attached hydrogen (secondary N) is 2. The average molecular weight is 367 g/mol. The Morgan fingerprint density at radius 2 is 2.20 bits per heavy atom. The Morgan fingerprint density at radius 3 is 2.84 bits per heavy atom. The molecule has 1 aliphatic rings. The third-order valence-corrected chi connectivity index (χ3v) is 4.66. The van der Waals surface area contributed by atoms with Gasteiger partial charge in [0.25, 0.3) is 0 Å². The number of thiophene rings is 1. The highest BCUT2D eigenvalue weighted by molar-refractivity contribution is 7.15. The number of ether oxygens (including phenoxy) is 1. The lowest BCUT2D eigenvalue weighted by molar-refractivity contribution is -0.125. The number of carbonyl (C=O) groups excluding carboxylic acids is 3. The fourth-order valence-electron chi connectivity index (χ4n) is 2.70. The van der Waals surface area contributed by atoms with Crippen molar-refractivity contribution in [2.45, 2.75) is 27.2 Å². The Hall–Kier alpha value is -1.93. The van der Waals surface area contributed by atoms with Gasteiger partial charge in [-0.2, -0.15) is 0 Å². The summed E-state index contributed by atoms with van der Waals surface area (Å²) in [5.41, 5.74) is 1.34. The van der Waals surface area contributed by atoms with E-state index >= 15 is 0 Å². The number of amides is 2. The topological polar surface area (TPSA) is 87.7 Å². The minimum absolute atomic E-state index is 0.0818. The van der Waals surface area contributed by atoms with Gasteiger partial charge in [-0.25, -0.2) is 4.79 Å². The van der Waals surface area contributed by atoms with Gasteiger partial charge in [-0.3, -0.25) is 14.5 Å². The molecule has 8 heteroatoms. The van der Waals surface area contributed by atoms with Crippen molar-refractivity contribution in [1.82, 2.24) is 10.2 Å². The van der Waals surface area contributed by atoms with Gasteiger partial charge in [0.1, 0.15) is 5.00 Å². The number of piperazine rings is 1. The molecule has 1 saturated heterocycles. The molecule has 0 bridgehead atoms. The maximum absolute atomic E-state index is 12.3. The van der Waals surface area contributed by atoms with Crippen molar-refractivity contribution in [3.63, 3.8) is 0 Å². The molecule has 2 rings (SSSR count). The van der Waals surface area contributed by atoms with Gasteiger partial charge < -0.3 is 15.4 Å². The van der Waals surface area contributed by atoms with Crippen LogP contribution in [-0.4, -0.2) is 55.5 Å². The summed E-state index contributed by atoms with van der Waals surface area (Å²) in [5.74, 6) is -0.343. The van der Waals surface area contributed by atoms with Crippen molar-refractivity contribution >= 4 is 34.1 Å². The number of hydrogen-bond acceptors (Lipinski definition) is 6. The highest BCUT2D eigenvalue weighted by Gasteiger charge is 2.24. The second-order valence-electron chi connectivity index (χ2n) is 6.39. The normalized spacial score (nSPS) is 15.1. The number of esters is 1. The summed E-state index contributed by atoms with van der Waals surface area (Å²) in [4.78, 5) is 37.8. The largest absolute Gasteiger partial charge is 0.462 e. The average Bonchev–Trinajstić information content (AvgIpc) is 2.89. The molecule has 0 saturated carbocycles. The number of carbonyl (C=O) groups is 3. The summed E-state index contributed by atoms with van der Waals surface area (Å²) in [7, 11) is 0. The van der Waals surface area contributed by atoms with Crippen LogP contribution in [0.3, 0.4) is 0 Å². The minimum atomic E-state index is -0.410. The zero-order valence-electron chi connectivity index (χ0n) is 14.9. The maximum atomic E-state index is 12.3. The fraction of sp³-hybridized carbons (Fsp3) is 0.588. The van der Waals surface area contributed by atoms with Crippen molar-refractivity contribution in [2.75, 3.05) is 38.1 Å². The lowest BCUT2D eigenvalue weighted by atomic mass is 10.0. The molecule has 7 nitrogen and oxygen atoms in total. The van der Waals surface area contributed by atoms with Gasteiger partial charge in [0, 0.05) is 13.1 Å². The van der Waals surface area contributed by atoms with E-state index in [2.05, 4.69) is 24.5 Å². The first-order valence-electron chi connectivity index (χ1n) is 8.47. The van der Waals surface area contributed by atoms with Crippen LogP contribution in [0.4, 0.5) is 5.00 Å². The molecule has 0 aromatic carbocycles. The molecule has 0 spiro atoms. The van der Waals surface area contributed by atoms with E-state index in [0.717, 1.165) is 12.0 Å². The van der Waals surface area contributed by atoms with Crippen molar-refractivity contribution in [3.05, 3.63) is 16.5 Å². The molecule has 2 N–H and O–H groups in total. The summed E-state index contributed by atoms with van der Waals surface area (Å²) < 4.78 is 5.15. The van der Waals surface area contributed by atoms with Crippen LogP contribution in [0.15, 0.2) is 5.38 Å². The van der Waals surface area contributed by atoms with Gasteiger partial charge in [0.2, 0.25) is 11.8 Å². The van der Waals surface area contributed by atoms with Crippen molar-refractivity contribution in [2.24, 2.45) is 5.92 Å². The third kappa shape index (κ3) is 5.54.